The fraction of sp³-hybridized carbons (Fsp3) is 0.800. The number of alkyl halides is 1. The quantitative estimate of drug-likeness (QED) is 0.307. The topological polar surface area (TPSA) is 3.24 Å². The summed E-state index contributed by atoms with van der Waals surface area (Å²) in [4.78, 5) is 2.61. The van der Waals surface area contributed by atoms with E-state index in [4.69, 9.17) is 0 Å². The molecule has 0 unspecified atom stereocenters. The van der Waals surface area contributed by atoms with E-state index >= 15 is 0 Å². The molecule has 3 rings (SSSR count). The third kappa shape index (κ3) is 0.939. The van der Waals surface area contributed by atoms with E-state index in [0.717, 1.165) is 23.7 Å². The van der Waals surface area contributed by atoms with Gasteiger partial charge in [-0.3, -0.25) is 4.90 Å². The van der Waals surface area contributed by atoms with Crippen LogP contribution >= 0.6 is 22.6 Å². The van der Waals surface area contributed by atoms with Crippen molar-refractivity contribution in [3.63, 3.8) is 0 Å². The van der Waals surface area contributed by atoms with Crippen molar-refractivity contribution in [2.45, 2.75) is 6.42 Å². The van der Waals surface area contributed by atoms with Gasteiger partial charge in [0.25, 0.3) is 0 Å². The first-order chi connectivity index (χ1) is 5.88. The number of nitrogens with zero attached hydrogens (tertiary/aromatic N) is 1. The Hall–Kier alpha value is 0.430. The van der Waals surface area contributed by atoms with E-state index in [0.29, 0.717) is 0 Å². The molecule has 1 saturated heterocycles. The van der Waals surface area contributed by atoms with E-state index in [1.54, 1.807) is 0 Å². The molecule has 1 nitrogen and oxygen atoms in total. The van der Waals surface area contributed by atoms with Crippen LogP contribution in [0.1, 0.15) is 6.42 Å². The molecule has 4 atom stereocenters. The SMILES string of the molecule is ICN1C[C@H]2[C@H](C1)[C@H]1C=C[C@H]2C1. The van der Waals surface area contributed by atoms with Crippen molar-refractivity contribution in [3.05, 3.63) is 12.2 Å². The van der Waals surface area contributed by atoms with Crippen LogP contribution in [0, 0.1) is 23.7 Å². The largest absolute Gasteiger partial charge is 0.294 e. The Morgan fingerprint density at radius 3 is 2.25 bits per heavy atom. The normalized spacial score (nSPS) is 50.4. The van der Waals surface area contributed by atoms with Gasteiger partial charge in [-0.2, -0.15) is 0 Å². The van der Waals surface area contributed by atoms with Gasteiger partial charge in [-0.05, 0) is 30.1 Å². The zero-order chi connectivity index (χ0) is 8.13. The second kappa shape index (κ2) is 2.71. The summed E-state index contributed by atoms with van der Waals surface area (Å²) >= 11 is 2.49. The number of hydrogen-bond acceptors (Lipinski definition) is 1. The Morgan fingerprint density at radius 2 is 1.75 bits per heavy atom. The van der Waals surface area contributed by atoms with Gasteiger partial charge in [-0.25, -0.2) is 0 Å². The number of likely N-dealkylation sites (tertiary alicyclic amines) is 1. The molecule has 2 bridgehead atoms. The Balaban J connectivity index is 1.82. The summed E-state index contributed by atoms with van der Waals surface area (Å²) in [5.41, 5.74) is 0. The summed E-state index contributed by atoms with van der Waals surface area (Å²) in [6.07, 6.45) is 6.43. The number of fused-ring (bicyclic) bond motifs is 5. The summed E-state index contributed by atoms with van der Waals surface area (Å²) in [5, 5.41) is 0. The summed E-state index contributed by atoms with van der Waals surface area (Å²) < 4.78 is 1.23. The van der Waals surface area contributed by atoms with Crippen LogP contribution in [0.2, 0.25) is 0 Å². The van der Waals surface area contributed by atoms with Crippen LogP contribution in [0.5, 0.6) is 0 Å². The standard InChI is InChI=1S/C10H14IN/c11-6-12-4-9-7-1-2-8(3-7)10(9)5-12/h1-2,7-10H,3-6H2/t7-,8-,9+,10+/m0/s1. The molecule has 12 heavy (non-hydrogen) atoms. The third-order valence-electron chi connectivity index (χ3n) is 3.91. The fourth-order valence-corrected chi connectivity index (χ4v) is 3.89. The first kappa shape index (κ1) is 7.80. The van der Waals surface area contributed by atoms with E-state index < -0.39 is 0 Å². The molecule has 2 heteroatoms. The molecule has 0 aromatic heterocycles. The minimum atomic E-state index is 0.952. The van der Waals surface area contributed by atoms with Crippen LogP contribution in [0.4, 0.5) is 0 Å². The Morgan fingerprint density at radius 1 is 1.17 bits per heavy atom. The van der Waals surface area contributed by atoms with Gasteiger partial charge in [0.2, 0.25) is 0 Å². The highest BCUT2D eigenvalue weighted by atomic mass is 127. The summed E-state index contributed by atoms with van der Waals surface area (Å²) in [6, 6.07) is 0. The Bertz CT molecular complexity index is 206. The van der Waals surface area contributed by atoms with Crippen LogP contribution in [-0.4, -0.2) is 22.5 Å². The first-order valence-corrected chi connectivity index (χ1v) is 6.37. The zero-order valence-corrected chi connectivity index (χ0v) is 9.28. The van der Waals surface area contributed by atoms with Gasteiger partial charge in [-0.1, -0.05) is 34.7 Å². The maximum absolute atomic E-state index is 2.61. The highest BCUT2D eigenvalue weighted by Crippen LogP contribution is 2.51. The van der Waals surface area contributed by atoms with Crippen molar-refractivity contribution in [3.8, 4) is 0 Å². The van der Waals surface area contributed by atoms with Gasteiger partial charge in [0.05, 0.1) is 4.55 Å². The predicted octanol–water partition coefficient (Wildman–Crippen LogP) is 2.13. The van der Waals surface area contributed by atoms with E-state index in [1.807, 2.05) is 0 Å². The molecule has 1 aliphatic heterocycles. The molecular formula is C10H14IN. The average molecular weight is 275 g/mol. The predicted molar refractivity (Wildman–Crippen MR) is 58.2 cm³/mol. The van der Waals surface area contributed by atoms with Gasteiger partial charge in [0, 0.05) is 13.1 Å². The lowest BCUT2D eigenvalue weighted by atomic mass is 9.86. The van der Waals surface area contributed by atoms with E-state index in [2.05, 4.69) is 39.6 Å². The fourth-order valence-electron chi connectivity index (χ4n) is 3.34. The number of hydrogen-bond donors (Lipinski definition) is 0. The lowest BCUT2D eigenvalue weighted by Gasteiger charge is -2.17. The summed E-state index contributed by atoms with van der Waals surface area (Å²) in [5.74, 6) is 3.95. The molecule has 1 heterocycles. The van der Waals surface area contributed by atoms with Crippen molar-refractivity contribution >= 4 is 22.6 Å². The van der Waals surface area contributed by atoms with Gasteiger partial charge in [0.1, 0.15) is 0 Å². The molecule has 2 aliphatic carbocycles. The minimum absolute atomic E-state index is 0.952. The highest BCUT2D eigenvalue weighted by Gasteiger charge is 2.48. The maximum atomic E-state index is 2.61. The molecule has 0 aromatic rings. The Kier molecular flexibility index (Phi) is 1.76. The van der Waals surface area contributed by atoms with Crippen molar-refractivity contribution < 1.29 is 0 Å². The van der Waals surface area contributed by atoms with Gasteiger partial charge >= 0.3 is 0 Å². The molecule has 1 saturated carbocycles. The van der Waals surface area contributed by atoms with Gasteiger partial charge in [-0.15, -0.1) is 0 Å². The molecule has 0 amide bonds. The maximum Gasteiger partial charge on any atom is 0.0505 e. The zero-order valence-electron chi connectivity index (χ0n) is 7.12. The molecular weight excluding hydrogens is 261 g/mol. The van der Waals surface area contributed by atoms with Crippen molar-refractivity contribution in [1.29, 1.82) is 0 Å². The van der Waals surface area contributed by atoms with Crippen molar-refractivity contribution in [2.75, 3.05) is 17.6 Å². The van der Waals surface area contributed by atoms with E-state index in [1.165, 1.54) is 24.1 Å². The molecule has 0 N–H and O–H groups in total. The molecule has 0 radical (unpaired) electrons. The van der Waals surface area contributed by atoms with Crippen LogP contribution in [0.25, 0.3) is 0 Å². The highest BCUT2D eigenvalue weighted by molar-refractivity contribution is 14.1. The van der Waals surface area contributed by atoms with Gasteiger partial charge < -0.3 is 0 Å². The second-order valence-electron chi connectivity index (χ2n) is 4.43. The minimum Gasteiger partial charge on any atom is -0.294 e. The number of halogens is 1. The van der Waals surface area contributed by atoms with E-state index in [-0.39, 0.29) is 0 Å². The average Bonchev–Trinajstić information content (AvgIpc) is 2.75. The second-order valence-corrected chi connectivity index (χ2v) is 5.11. The Labute approximate surface area is 87.3 Å². The van der Waals surface area contributed by atoms with Crippen LogP contribution in [-0.2, 0) is 0 Å². The monoisotopic (exact) mass is 275 g/mol. The number of allylic oxidation sites excluding steroid dienone is 2. The van der Waals surface area contributed by atoms with Crippen LogP contribution < -0.4 is 0 Å². The van der Waals surface area contributed by atoms with Gasteiger partial charge in [0.15, 0.2) is 0 Å². The van der Waals surface area contributed by atoms with Crippen molar-refractivity contribution in [2.24, 2.45) is 23.7 Å². The van der Waals surface area contributed by atoms with E-state index in [9.17, 15) is 0 Å². The summed E-state index contributed by atoms with van der Waals surface area (Å²) in [6.45, 7) is 2.75. The van der Waals surface area contributed by atoms with Crippen LogP contribution in [0.15, 0.2) is 12.2 Å². The molecule has 3 aliphatic rings. The lowest BCUT2D eigenvalue weighted by Crippen LogP contribution is -2.20. The summed E-state index contributed by atoms with van der Waals surface area (Å²) in [7, 11) is 0. The number of rotatable bonds is 1. The molecule has 2 fully saturated rings. The smallest absolute Gasteiger partial charge is 0.0505 e. The van der Waals surface area contributed by atoms with Crippen molar-refractivity contribution in [1.82, 2.24) is 4.90 Å². The third-order valence-corrected chi connectivity index (χ3v) is 4.87. The molecule has 66 valence electrons. The molecule has 0 aromatic carbocycles. The molecule has 0 spiro atoms. The first-order valence-electron chi connectivity index (χ1n) is 4.85. The lowest BCUT2D eigenvalue weighted by molar-refractivity contribution is 0.353. The van der Waals surface area contributed by atoms with Crippen LogP contribution in [0.3, 0.4) is 0 Å².